The molecule has 1 rings (SSSR count). The third-order valence-corrected chi connectivity index (χ3v) is 2.43. The van der Waals surface area contributed by atoms with E-state index in [0.717, 1.165) is 12.1 Å². The van der Waals surface area contributed by atoms with Crippen molar-refractivity contribution in [1.82, 2.24) is 0 Å². The first-order valence-electron chi connectivity index (χ1n) is 5.29. The molecule has 1 aromatic carbocycles. The molecular formula is C12H13F3O4. The van der Waals surface area contributed by atoms with Crippen LogP contribution in [0.3, 0.4) is 0 Å². The molecular weight excluding hydrogens is 265 g/mol. The van der Waals surface area contributed by atoms with Crippen molar-refractivity contribution in [2.45, 2.75) is 25.3 Å². The number of methoxy groups -OCH3 is 1. The van der Waals surface area contributed by atoms with Crippen LogP contribution in [0.25, 0.3) is 0 Å². The van der Waals surface area contributed by atoms with Crippen molar-refractivity contribution in [1.29, 1.82) is 0 Å². The lowest BCUT2D eigenvalue weighted by Crippen LogP contribution is -2.25. The zero-order valence-corrected chi connectivity index (χ0v) is 10.3. The average Bonchev–Trinajstić information content (AvgIpc) is 2.26. The number of hydrogen-bond donors (Lipinski definition) is 1. The predicted octanol–water partition coefficient (Wildman–Crippen LogP) is 2.36. The van der Waals surface area contributed by atoms with E-state index in [1.165, 1.54) is 26.2 Å². The van der Waals surface area contributed by atoms with Gasteiger partial charge < -0.3 is 14.6 Å². The maximum Gasteiger partial charge on any atom is 0.573 e. The summed E-state index contributed by atoms with van der Waals surface area (Å²) in [7, 11) is 1.18. The summed E-state index contributed by atoms with van der Waals surface area (Å²) in [4.78, 5) is 11.1. The smallest absolute Gasteiger partial charge is 0.469 e. The van der Waals surface area contributed by atoms with Crippen LogP contribution in [0, 0.1) is 0 Å². The number of benzene rings is 1. The van der Waals surface area contributed by atoms with Crippen LogP contribution in [0.5, 0.6) is 5.75 Å². The lowest BCUT2D eigenvalue weighted by atomic mass is 9.92. The van der Waals surface area contributed by atoms with E-state index in [1.807, 2.05) is 0 Å². The zero-order chi connectivity index (χ0) is 14.7. The zero-order valence-electron chi connectivity index (χ0n) is 10.3. The molecule has 0 aromatic heterocycles. The average molecular weight is 278 g/mol. The molecule has 0 radical (unpaired) electrons. The van der Waals surface area contributed by atoms with E-state index in [0.29, 0.717) is 0 Å². The van der Waals surface area contributed by atoms with Crippen molar-refractivity contribution in [3.05, 3.63) is 29.8 Å². The van der Waals surface area contributed by atoms with Crippen molar-refractivity contribution in [2.75, 3.05) is 7.11 Å². The highest BCUT2D eigenvalue weighted by Crippen LogP contribution is 2.28. The Kier molecular flexibility index (Phi) is 4.41. The van der Waals surface area contributed by atoms with Gasteiger partial charge in [-0.25, -0.2) is 0 Å². The summed E-state index contributed by atoms with van der Waals surface area (Å²) in [6.07, 6.45) is -5.07. The molecule has 1 aromatic rings. The van der Waals surface area contributed by atoms with E-state index >= 15 is 0 Å². The van der Waals surface area contributed by atoms with Crippen LogP contribution in [-0.2, 0) is 15.1 Å². The van der Waals surface area contributed by atoms with E-state index in [4.69, 9.17) is 0 Å². The fourth-order valence-electron chi connectivity index (χ4n) is 1.47. The van der Waals surface area contributed by atoms with Gasteiger partial charge in [0, 0.05) is 0 Å². The predicted molar refractivity (Wildman–Crippen MR) is 59.3 cm³/mol. The van der Waals surface area contributed by atoms with Crippen LogP contribution < -0.4 is 4.74 Å². The van der Waals surface area contributed by atoms with Crippen LogP contribution in [-0.4, -0.2) is 24.5 Å². The Bertz CT molecular complexity index is 437. The Labute approximate surface area is 107 Å². The van der Waals surface area contributed by atoms with Gasteiger partial charge in [-0.3, -0.25) is 4.79 Å². The Morgan fingerprint density at radius 1 is 1.26 bits per heavy atom. The standard InChI is InChI=1S/C12H13F3O4/c1-11(17,7-10(16)18-2)8-3-5-9(6-4-8)19-12(13,14)15/h3-6,17H,7H2,1-2H3. The second kappa shape index (κ2) is 5.48. The highest BCUT2D eigenvalue weighted by molar-refractivity contribution is 5.70. The Balaban J connectivity index is 2.83. The molecule has 0 amide bonds. The van der Waals surface area contributed by atoms with Gasteiger partial charge in [0.2, 0.25) is 0 Å². The number of rotatable bonds is 4. The quantitative estimate of drug-likeness (QED) is 0.859. The van der Waals surface area contributed by atoms with E-state index in [-0.39, 0.29) is 12.0 Å². The second-order valence-electron chi connectivity index (χ2n) is 4.10. The largest absolute Gasteiger partial charge is 0.573 e. The molecule has 0 heterocycles. The Morgan fingerprint density at radius 3 is 2.21 bits per heavy atom. The van der Waals surface area contributed by atoms with Crippen LogP contribution in [0.2, 0.25) is 0 Å². The van der Waals surface area contributed by atoms with Gasteiger partial charge in [-0.1, -0.05) is 12.1 Å². The van der Waals surface area contributed by atoms with E-state index < -0.39 is 23.7 Å². The van der Waals surface area contributed by atoms with Crippen LogP contribution in [0.1, 0.15) is 18.9 Å². The van der Waals surface area contributed by atoms with Gasteiger partial charge in [0.05, 0.1) is 19.1 Å². The molecule has 4 nitrogen and oxygen atoms in total. The summed E-state index contributed by atoms with van der Waals surface area (Å²) in [5, 5.41) is 10.0. The topological polar surface area (TPSA) is 55.8 Å². The highest BCUT2D eigenvalue weighted by Gasteiger charge is 2.32. The van der Waals surface area contributed by atoms with Crippen LogP contribution >= 0.6 is 0 Å². The van der Waals surface area contributed by atoms with Gasteiger partial charge in [-0.15, -0.1) is 13.2 Å². The van der Waals surface area contributed by atoms with Crippen molar-refractivity contribution < 1.29 is 32.5 Å². The molecule has 106 valence electrons. The number of ether oxygens (including phenoxy) is 2. The van der Waals surface area contributed by atoms with Gasteiger partial charge in [-0.05, 0) is 24.6 Å². The number of hydrogen-bond acceptors (Lipinski definition) is 4. The molecule has 0 saturated heterocycles. The maximum absolute atomic E-state index is 12.0. The van der Waals surface area contributed by atoms with Crippen molar-refractivity contribution in [2.24, 2.45) is 0 Å². The lowest BCUT2D eigenvalue weighted by Gasteiger charge is -2.22. The minimum atomic E-state index is -4.77. The fraction of sp³-hybridized carbons (Fsp3) is 0.417. The summed E-state index contributed by atoms with van der Waals surface area (Å²) >= 11 is 0. The maximum atomic E-state index is 12.0. The lowest BCUT2D eigenvalue weighted by molar-refractivity contribution is -0.274. The molecule has 0 fully saturated rings. The summed E-state index contributed by atoms with van der Waals surface area (Å²) in [5.41, 5.74) is -1.24. The number of aliphatic hydroxyl groups is 1. The molecule has 1 atom stereocenters. The van der Waals surface area contributed by atoms with Crippen molar-refractivity contribution in [3.63, 3.8) is 0 Å². The van der Waals surface area contributed by atoms with Gasteiger partial charge >= 0.3 is 12.3 Å². The number of carbonyl (C=O) groups excluding carboxylic acids is 1. The Hall–Kier alpha value is -1.76. The summed E-state index contributed by atoms with van der Waals surface area (Å²) < 4.78 is 44.0. The first kappa shape index (κ1) is 15.3. The first-order chi connectivity index (χ1) is 8.64. The molecule has 0 aliphatic heterocycles. The molecule has 1 N–H and O–H groups in total. The molecule has 0 saturated carbocycles. The molecule has 7 heteroatoms. The van der Waals surface area contributed by atoms with Crippen molar-refractivity contribution >= 4 is 5.97 Å². The minimum Gasteiger partial charge on any atom is -0.469 e. The molecule has 0 aliphatic rings. The SMILES string of the molecule is COC(=O)CC(C)(O)c1ccc(OC(F)(F)F)cc1. The summed E-state index contributed by atoms with van der Waals surface area (Å²) in [6, 6.07) is 4.64. The summed E-state index contributed by atoms with van der Waals surface area (Å²) in [5.74, 6) is -1.02. The molecule has 0 spiro atoms. The minimum absolute atomic E-state index is 0.285. The number of esters is 1. The number of alkyl halides is 3. The fourth-order valence-corrected chi connectivity index (χ4v) is 1.47. The third-order valence-electron chi connectivity index (χ3n) is 2.43. The van der Waals surface area contributed by atoms with Gasteiger partial charge in [0.15, 0.2) is 0 Å². The van der Waals surface area contributed by atoms with Gasteiger partial charge in [-0.2, -0.15) is 0 Å². The van der Waals surface area contributed by atoms with Gasteiger partial charge in [0.1, 0.15) is 5.75 Å². The summed E-state index contributed by atoms with van der Waals surface area (Å²) in [6.45, 7) is 1.36. The van der Waals surface area contributed by atoms with E-state index in [2.05, 4.69) is 9.47 Å². The molecule has 0 aliphatic carbocycles. The van der Waals surface area contributed by atoms with Crippen LogP contribution in [0.4, 0.5) is 13.2 Å². The van der Waals surface area contributed by atoms with Gasteiger partial charge in [0.25, 0.3) is 0 Å². The number of halogens is 3. The monoisotopic (exact) mass is 278 g/mol. The Morgan fingerprint density at radius 2 is 1.79 bits per heavy atom. The third kappa shape index (κ3) is 4.78. The normalized spacial score (nSPS) is 14.6. The molecule has 1 unspecified atom stereocenters. The molecule has 0 bridgehead atoms. The van der Waals surface area contributed by atoms with Crippen molar-refractivity contribution in [3.8, 4) is 5.75 Å². The van der Waals surface area contributed by atoms with E-state index in [9.17, 15) is 23.1 Å². The number of carbonyl (C=O) groups is 1. The van der Waals surface area contributed by atoms with E-state index in [1.54, 1.807) is 0 Å². The highest BCUT2D eigenvalue weighted by atomic mass is 19.4. The molecule has 19 heavy (non-hydrogen) atoms. The second-order valence-corrected chi connectivity index (χ2v) is 4.10. The van der Waals surface area contributed by atoms with Crippen LogP contribution in [0.15, 0.2) is 24.3 Å². The first-order valence-corrected chi connectivity index (χ1v) is 5.29.